The van der Waals surface area contributed by atoms with Crippen molar-refractivity contribution in [2.24, 2.45) is 0 Å². The summed E-state index contributed by atoms with van der Waals surface area (Å²) in [5.74, 6) is 0.0971. The predicted octanol–water partition coefficient (Wildman–Crippen LogP) is 0.459. The maximum Gasteiger partial charge on any atom is 0.232 e. The Morgan fingerprint density at radius 2 is 2.11 bits per heavy atom. The highest BCUT2D eigenvalue weighted by Gasteiger charge is 2.02. The smallest absolute Gasteiger partial charge is 0.232 e. The lowest BCUT2D eigenvalue weighted by molar-refractivity contribution is 0.590. The minimum Gasteiger partial charge on any atom is -0.288 e. The van der Waals surface area contributed by atoms with Gasteiger partial charge in [-0.25, -0.2) is 8.42 Å². The average Bonchev–Trinajstić information content (AvgIpc) is 1.63. The van der Waals surface area contributed by atoms with Crippen molar-refractivity contribution in [3.63, 3.8) is 0 Å². The second-order valence-corrected chi connectivity index (χ2v) is 3.80. The summed E-state index contributed by atoms with van der Waals surface area (Å²) in [5.41, 5.74) is 0.455. The van der Waals surface area contributed by atoms with Crippen molar-refractivity contribution in [2.75, 3.05) is 5.75 Å². The summed E-state index contributed by atoms with van der Waals surface area (Å²) in [5, 5.41) is 0. The molecular weight excluding hydrogens is 138 g/mol. The minimum absolute atomic E-state index is 0.0971. The Kier molecular flexibility index (Phi) is 2.70. The third-order valence-electron chi connectivity index (χ3n) is 0.710. The lowest BCUT2D eigenvalue weighted by atomic mass is 10.6. The molecule has 4 heteroatoms. The molecule has 54 valence electrons. The summed E-state index contributed by atoms with van der Waals surface area (Å²) >= 11 is 0. The van der Waals surface area contributed by atoms with Gasteiger partial charge in [0.1, 0.15) is 0 Å². The summed E-state index contributed by atoms with van der Waals surface area (Å²) in [6.45, 7) is 6.58. The van der Waals surface area contributed by atoms with Gasteiger partial charge < -0.3 is 0 Å². The average molecular weight is 149 g/mol. The molecule has 0 bridgehead atoms. The largest absolute Gasteiger partial charge is 0.288 e. The quantitative estimate of drug-likeness (QED) is 0.633. The molecule has 0 heterocycles. The number of nitrogens with one attached hydrogen (secondary N) is 1. The molecule has 0 rings (SSSR count). The fourth-order valence-electron chi connectivity index (χ4n) is 0.338. The van der Waals surface area contributed by atoms with Crippen LogP contribution in [-0.2, 0) is 10.0 Å². The molecule has 0 spiro atoms. The van der Waals surface area contributed by atoms with Crippen LogP contribution in [0.4, 0.5) is 0 Å². The zero-order valence-electron chi connectivity index (χ0n) is 5.64. The molecule has 0 aromatic heterocycles. The summed E-state index contributed by atoms with van der Waals surface area (Å²) in [6.07, 6.45) is 0. The van der Waals surface area contributed by atoms with E-state index in [4.69, 9.17) is 0 Å². The van der Waals surface area contributed by atoms with Gasteiger partial charge in [0.05, 0.1) is 5.75 Å². The van der Waals surface area contributed by atoms with Crippen LogP contribution < -0.4 is 4.72 Å². The monoisotopic (exact) mass is 149 g/mol. The van der Waals surface area contributed by atoms with Crippen molar-refractivity contribution < 1.29 is 8.42 Å². The Morgan fingerprint density at radius 3 is 2.22 bits per heavy atom. The standard InChI is InChI=1S/C5H11NO2S/c1-4-9(7,8)6-5(2)3/h6H,2,4H2,1,3H3. The zero-order valence-corrected chi connectivity index (χ0v) is 6.46. The minimum atomic E-state index is -3.07. The lowest BCUT2D eigenvalue weighted by Crippen LogP contribution is -2.22. The van der Waals surface area contributed by atoms with Gasteiger partial charge in [-0.05, 0) is 13.8 Å². The lowest BCUT2D eigenvalue weighted by Gasteiger charge is -2.02. The fourth-order valence-corrected chi connectivity index (χ4v) is 1.01. The van der Waals surface area contributed by atoms with E-state index in [0.29, 0.717) is 5.70 Å². The van der Waals surface area contributed by atoms with E-state index in [2.05, 4.69) is 11.3 Å². The fraction of sp³-hybridized carbons (Fsp3) is 0.600. The van der Waals surface area contributed by atoms with Crippen molar-refractivity contribution in [3.8, 4) is 0 Å². The first-order valence-electron chi connectivity index (χ1n) is 2.64. The Bertz CT molecular complexity index is 193. The molecule has 1 N–H and O–H groups in total. The third-order valence-corrected chi connectivity index (χ3v) is 2.13. The molecule has 0 aliphatic carbocycles. The molecule has 0 atom stereocenters. The van der Waals surface area contributed by atoms with Gasteiger partial charge in [-0.1, -0.05) is 6.58 Å². The van der Waals surface area contributed by atoms with Crippen LogP contribution in [-0.4, -0.2) is 14.2 Å². The Labute approximate surface area is 55.8 Å². The molecule has 0 amide bonds. The summed E-state index contributed by atoms with van der Waals surface area (Å²) in [6, 6.07) is 0. The van der Waals surface area contributed by atoms with E-state index in [-0.39, 0.29) is 5.75 Å². The normalized spacial score (nSPS) is 10.9. The van der Waals surface area contributed by atoms with Crippen LogP contribution in [0.1, 0.15) is 13.8 Å². The van der Waals surface area contributed by atoms with E-state index in [1.54, 1.807) is 13.8 Å². The first-order valence-corrected chi connectivity index (χ1v) is 4.29. The topological polar surface area (TPSA) is 46.2 Å². The molecule has 3 nitrogen and oxygen atoms in total. The molecular formula is C5H11NO2S. The molecule has 0 aliphatic rings. The molecule has 0 radical (unpaired) electrons. The summed E-state index contributed by atoms with van der Waals surface area (Å²) < 4.78 is 23.5. The van der Waals surface area contributed by atoms with Crippen molar-refractivity contribution in [3.05, 3.63) is 12.3 Å². The van der Waals surface area contributed by atoms with Crippen LogP contribution in [0.15, 0.2) is 12.3 Å². The second-order valence-electron chi connectivity index (χ2n) is 1.79. The van der Waals surface area contributed by atoms with Crippen molar-refractivity contribution in [1.29, 1.82) is 0 Å². The predicted molar refractivity (Wildman–Crippen MR) is 37.4 cm³/mol. The zero-order chi connectivity index (χ0) is 7.49. The second kappa shape index (κ2) is 2.87. The molecule has 0 aromatic rings. The molecule has 0 saturated heterocycles. The number of hydrogen-bond donors (Lipinski definition) is 1. The van der Waals surface area contributed by atoms with E-state index < -0.39 is 10.0 Å². The van der Waals surface area contributed by atoms with Crippen molar-refractivity contribution in [2.45, 2.75) is 13.8 Å². The molecule has 0 fully saturated rings. The Morgan fingerprint density at radius 1 is 1.67 bits per heavy atom. The SMILES string of the molecule is C=C(C)NS(=O)(=O)CC. The van der Waals surface area contributed by atoms with Crippen LogP contribution in [0, 0.1) is 0 Å². The van der Waals surface area contributed by atoms with E-state index in [9.17, 15) is 8.42 Å². The molecule has 0 saturated carbocycles. The van der Waals surface area contributed by atoms with E-state index in [0.717, 1.165) is 0 Å². The van der Waals surface area contributed by atoms with Gasteiger partial charge in [0.15, 0.2) is 0 Å². The van der Waals surface area contributed by atoms with Gasteiger partial charge in [0.25, 0.3) is 0 Å². The summed E-state index contributed by atoms with van der Waals surface area (Å²) in [7, 11) is -3.07. The van der Waals surface area contributed by atoms with Gasteiger partial charge in [0, 0.05) is 5.70 Å². The van der Waals surface area contributed by atoms with Gasteiger partial charge >= 0.3 is 0 Å². The van der Waals surface area contributed by atoms with Crippen molar-refractivity contribution >= 4 is 10.0 Å². The highest BCUT2D eigenvalue weighted by atomic mass is 32.2. The van der Waals surface area contributed by atoms with Crippen LogP contribution in [0.2, 0.25) is 0 Å². The van der Waals surface area contributed by atoms with Crippen molar-refractivity contribution in [1.82, 2.24) is 4.72 Å². The van der Waals surface area contributed by atoms with E-state index >= 15 is 0 Å². The van der Waals surface area contributed by atoms with Gasteiger partial charge in [-0.15, -0.1) is 0 Å². The van der Waals surface area contributed by atoms with Crippen LogP contribution in [0.25, 0.3) is 0 Å². The first-order chi connectivity index (χ1) is 3.98. The molecule has 0 aromatic carbocycles. The molecule has 0 unspecified atom stereocenters. The number of hydrogen-bond acceptors (Lipinski definition) is 2. The Balaban J connectivity index is 4.06. The van der Waals surface area contributed by atoms with E-state index in [1.165, 1.54) is 0 Å². The maximum absolute atomic E-state index is 10.6. The van der Waals surface area contributed by atoms with Crippen LogP contribution >= 0.6 is 0 Å². The molecule has 0 aliphatic heterocycles. The molecule has 9 heavy (non-hydrogen) atoms. The van der Waals surface area contributed by atoms with Gasteiger partial charge in [-0.3, -0.25) is 4.72 Å². The Hall–Kier alpha value is -0.510. The van der Waals surface area contributed by atoms with Gasteiger partial charge in [-0.2, -0.15) is 0 Å². The van der Waals surface area contributed by atoms with Gasteiger partial charge in [0.2, 0.25) is 10.0 Å². The van der Waals surface area contributed by atoms with Crippen LogP contribution in [0.5, 0.6) is 0 Å². The van der Waals surface area contributed by atoms with Crippen LogP contribution in [0.3, 0.4) is 0 Å². The maximum atomic E-state index is 10.6. The highest BCUT2D eigenvalue weighted by molar-refractivity contribution is 7.89. The number of rotatable bonds is 3. The first kappa shape index (κ1) is 8.49. The highest BCUT2D eigenvalue weighted by Crippen LogP contribution is 1.87. The number of allylic oxidation sites excluding steroid dienone is 1. The number of sulfonamides is 1. The van der Waals surface area contributed by atoms with E-state index in [1.807, 2.05) is 0 Å². The third kappa shape index (κ3) is 4.02. The summed E-state index contributed by atoms with van der Waals surface area (Å²) in [4.78, 5) is 0.